The predicted molar refractivity (Wildman–Crippen MR) is 529 cm³/mol. The quantitative estimate of drug-likeness (QED) is 0.0256. The monoisotopic (exact) mass is 2100 g/mol. The van der Waals surface area contributed by atoms with Crippen LogP contribution in [0.25, 0.3) is 0 Å². The lowest BCUT2D eigenvalue weighted by Gasteiger charge is -2.45. The van der Waals surface area contributed by atoms with Gasteiger partial charge in [-0.1, -0.05) is 13.1 Å². The molecule has 1 amide bonds. The van der Waals surface area contributed by atoms with Crippen molar-refractivity contribution in [2.75, 3.05) is 19.8 Å². The van der Waals surface area contributed by atoms with Gasteiger partial charge in [0.15, 0.2) is 8.32 Å². The highest BCUT2D eigenvalue weighted by molar-refractivity contribution is 6.98. The third kappa shape index (κ3) is 55.9. The van der Waals surface area contributed by atoms with Gasteiger partial charge in [0.1, 0.15) is 16.4 Å². The number of rotatable bonds is 58. The van der Waals surface area contributed by atoms with E-state index in [4.69, 9.17) is 112 Å². The van der Waals surface area contributed by atoms with E-state index in [-0.39, 0.29) is 19.8 Å². The Bertz CT molecular complexity index is 3100. The second-order valence-electron chi connectivity index (χ2n) is 40.8. The Kier molecular flexibility index (Phi) is 44.2. The van der Waals surface area contributed by atoms with Crippen molar-refractivity contribution < 1.29 is 122 Å². The summed E-state index contributed by atoms with van der Waals surface area (Å²) in [5.74, 6) is -0.553. The molecule has 692 valence electrons. The van der Waals surface area contributed by atoms with Gasteiger partial charge in [0.05, 0.1) is 13.2 Å². The average Bonchev–Trinajstić information content (AvgIpc) is 0.797. The largest absolute Gasteiger partial charge is 0.461 e. The number of nitrogens with one attached hydrogen (secondary N) is 1. The van der Waals surface area contributed by atoms with Crippen LogP contribution in [0.15, 0.2) is 12.7 Å². The van der Waals surface area contributed by atoms with Crippen molar-refractivity contribution in [1.82, 2.24) is 5.32 Å². The van der Waals surface area contributed by atoms with Gasteiger partial charge in [-0.05, 0) is 340 Å². The number of alkyl carbamates (subject to hydrolysis) is 1. The molecule has 0 fully saturated rings. The fourth-order valence-electron chi connectivity index (χ4n) is 16.3. The molecule has 0 spiro atoms. The second kappa shape index (κ2) is 43.0. The molecule has 0 bridgehead atoms. The molecule has 56 heteroatoms. The Morgan fingerprint density at radius 2 is 0.397 bits per heavy atom. The maximum absolute atomic E-state index is 12.1. The molecule has 1 N–H and O–H groups in total. The fourth-order valence-corrected chi connectivity index (χ4v) is 148. The molecule has 0 heterocycles. The molecule has 0 unspecified atom stereocenters. The van der Waals surface area contributed by atoms with Crippen LogP contribution in [-0.4, -0.2) is 255 Å². The summed E-state index contributed by atoms with van der Waals surface area (Å²) >= 11 is 0. The second-order valence-corrected chi connectivity index (χ2v) is 133. The molecule has 0 aliphatic carbocycles. The Morgan fingerprint density at radius 1 is 0.241 bits per heavy atom. The first-order chi connectivity index (χ1) is 50.4. The Morgan fingerprint density at radius 3 is 0.552 bits per heavy atom. The highest BCUT2D eigenvalue weighted by atomic mass is 28.6. The minimum Gasteiger partial charge on any atom is -0.461 e. The SMILES string of the molecule is C=CC(=O)OCCNC(=O)OCCC[Si](C)(C)O[Si](C)(C)O[Si](C)(C)O[Si](C)(C)O[Si](C)(C)O[Si](C)(C)O[Si](C)(C)O[Si](C)(C)O[Si](C)(C)O[Si](C)(C)O[Si](C)(C)O[Si](C)(C)O[Si](C)(C)O[Si](C)(C)O[Si](C)(C)O[Si](C)(C)O[Si](C)(C)O[Si](C)(C)O[Si](C)(C)O[Si](C)(C)O[Si](C)(C)O[Si](C)(C)O[Si](C)(C)O[Si](C)(C)O[Si](C)(C)O[SiH2]C. The number of carbonyl (C=O) groups excluding carboxylic acids is 2. The van der Waals surface area contributed by atoms with Crippen LogP contribution in [0.1, 0.15) is 6.42 Å². The van der Waals surface area contributed by atoms with Gasteiger partial charge in [-0.15, -0.1) is 0 Å². The van der Waals surface area contributed by atoms with E-state index in [1.165, 1.54) is 0 Å². The molecule has 116 heavy (non-hydrogen) atoms. The summed E-state index contributed by atoms with van der Waals surface area (Å²) < 4.78 is 182. The van der Waals surface area contributed by atoms with E-state index in [0.717, 1.165) is 12.1 Å². The first-order valence-corrected chi connectivity index (χ1v) is 113. The van der Waals surface area contributed by atoms with E-state index in [2.05, 4.69) is 136 Å². The number of hydrogen-bond donors (Lipinski definition) is 1. The molecular weight excluding hydrogens is 1930 g/mol. The molecule has 30 nitrogen and oxygen atoms in total. The molecular formula is C60H169NO29Si26. The third-order valence-electron chi connectivity index (χ3n) is 14.3. The highest BCUT2D eigenvalue weighted by Crippen LogP contribution is 2.37. The van der Waals surface area contributed by atoms with Gasteiger partial charge in [-0.3, -0.25) is 0 Å². The van der Waals surface area contributed by atoms with Crippen LogP contribution in [-0.2, 0) is 117 Å². The summed E-state index contributed by atoms with van der Waals surface area (Å²) in [7, 11) is -71.1. The summed E-state index contributed by atoms with van der Waals surface area (Å²) in [5, 5.41) is 2.57. The zero-order chi connectivity index (χ0) is 92.4. The van der Waals surface area contributed by atoms with E-state index in [1.807, 2.05) is 210 Å². The molecule has 0 aliphatic heterocycles. The molecule has 0 aromatic carbocycles. The average molecular weight is 2100 g/mol. The maximum atomic E-state index is 12.1. The Balaban J connectivity index is 5.85. The van der Waals surface area contributed by atoms with Gasteiger partial charge < -0.3 is 118 Å². The number of amides is 1. The van der Waals surface area contributed by atoms with E-state index in [9.17, 15) is 9.59 Å². The van der Waals surface area contributed by atoms with E-state index in [0.29, 0.717) is 6.42 Å². The molecule has 0 saturated carbocycles. The van der Waals surface area contributed by atoms with Gasteiger partial charge >= 0.3 is 218 Å². The highest BCUT2D eigenvalue weighted by Gasteiger charge is 2.57. The van der Waals surface area contributed by atoms with E-state index >= 15 is 0 Å². The van der Waals surface area contributed by atoms with Gasteiger partial charge in [-0.2, -0.15) is 0 Å². The summed E-state index contributed by atoms with van der Waals surface area (Å²) in [6.45, 7) is 108. The maximum Gasteiger partial charge on any atom is 0.407 e. The van der Waals surface area contributed by atoms with Crippen LogP contribution in [0.2, 0.25) is 340 Å². The summed E-state index contributed by atoms with van der Waals surface area (Å²) in [4.78, 5) is 23.4. The molecule has 0 rings (SSSR count). The minimum absolute atomic E-state index is 0.0276. The predicted octanol–water partition coefficient (Wildman–Crippen LogP) is 18.4. The van der Waals surface area contributed by atoms with Crippen LogP contribution in [0.5, 0.6) is 0 Å². The van der Waals surface area contributed by atoms with Crippen LogP contribution in [0.3, 0.4) is 0 Å². The topological polar surface area (TPSA) is 295 Å². The van der Waals surface area contributed by atoms with Crippen molar-refractivity contribution in [3.63, 3.8) is 0 Å². The molecule has 0 aromatic heterocycles. The Labute approximate surface area is 735 Å². The van der Waals surface area contributed by atoms with Gasteiger partial charge in [0.2, 0.25) is 0 Å². The van der Waals surface area contributed by atoms with Crippen molar-refractivity contribution >= 4 is 236 Å². The standard InChI is InChI=1S/C60H169NO29Si26/c1-53-59(62)64-57-55-61-60(63)65-56-54-58-92(3,4)67-94(7,8)69-96(11,12)71-98(15,16)73-100(19,20)75-102(23,24)77-104(27,28)79-106(31,32)81-108(35,36)83-110(39,40)85-112(43,44)87-114(47,48)89-116(51,52)90-115(49,50)88-113(45,46)86-111(41,42)84-109(37,38)82-107(33,34)80-105(29,30)78-103(25,26)76-101(21,22)74-99(17,18)72-97(13,14)70-95(9,10)68-93(5,6)66-91-2/h53H,1,54-58,91H2,2-52H3,(H,61,63). The van der Waals surface area contributed by atoms with Crippen LogP contribution < -0.4 is 5.32 Å². The van der Waals surface area contributed by atoms with E-state index < -0.39 is 236 Å². The van der Waals surface area contributed by atoms with Crippen molar-refractivity contribution in [3.05, 3.63) is 12.7 Å². The lowest BCUT2D eigenvalue weighted by Crippen LogP contribution is -2.63. The Hall–Kier alpha value is 3.12. The number of carbonyl (C=O) groups is 2. The van der Waals surface area contributed by atoms with Crippen LogP contribution >= 0.6 is 0 Å². The van der Waals surface area contributed by atoms with Crippen molar-refractivity contribution in [3.8, 4) is 0 Å². The summed E-state index contributed by atoms with van der Waals surface area (Å²) in [6.07, 6.45) is 1.12. The summed E-state index contributed by atoms with van der Waals surface area (Å²) in [5.41, 5.74) is 0. The van der Waals surface area contributed by atoms with Crippen LogP contribution in [0, 0.1) is 0 Å². The van der Waals surface area contributed by atoms with Crippen molar-refractivity contribution in [2.24, 2.45) is 0 Å². The van der Waals surface area contributed by atoms with Crippen LogP contribution in [0.4, 0.5) is 4.79 Å². The molecule has 0 radical (unpaired) electrons. The fraction of sp³-hybridized carbons (Fsp3) is 0.933. The smallest absolute Gasteiger partial charge is 0.407 e. The minimum atomic E-state index is -2.94. The van der Waals surface area contributed by atoms with Gasteiger partial charge in [0.25, 0.3) is 0 Å². The van der Waals surface area contributed by atoms with Gasteiger partial charge in [-0.25, -0.2) is 9.59 Å². The third-order valence-corrected chi connectivity index (χ3v) is 114. The first kappa shape index (κ1) is 119. The number of esters is 1. The molecule has 0 aromatic rings. The normalized spacial score (nSPS) is 15.6. The molecule has 0 aliphatic rings. The molecule has 0 atom stereocenters. The molecule has 0 saturated heterocycles. The summed E-state index contributed by atoms with van der Waals surface area (Å²) in [6, 6.07) is 0.753. The van der Waals surface area contributed by atoms with Crippen molar-refractivity contribution in [1.29, 1.82) is 0 Å². The van der Waals surface area contributed by atoms with E-state index in [1.54, 1.807) is 0 Å². The lowest BCUT2D eigenvalue weighted by molar-refractivity contribution is -0.137. The number of ether oxygens (including phenoxy) is 2. The van der Waals surface area contributed by atoms with Gasteiger partial charge in [0, 0.05) is 6.08 Å². The first-order valence-electron chi connectivity index (χ1n) is 40.5. The number of hydrogen-bond acceptors (Lipinski definition) is 29. The lowest BCUT2D eigenvalue weighted by atomic mass is 10.5. The zero-order valence-corrected chi connectivity index (χ0v) is 109. The van der Waals surface area contributed by atoms with Crippen molar-refractivity contribution in [2.45, 2.75) is 346 Å². The zero-order valence-electron chi connectivity index (χ0n) is 82.4.